The fourth-order valence-corrected chi connectivity index (χ4v) is 1.24. The van der Waals surface area contributed by atoms with Gasteiger partial charge in [-0.2, -0.15) is 18.4 Å². The van der Waals surface area contributed by atoms with Gasteiger partial charge in [-0.25, -0.2) is 0 Å². The third-order valence-corrected chi connectivity index (χ3v) is 2.30. The Hall–Kier alpha value is -1.90. The van der Waals surface area contributed by atoms with Gasteiger partial charge >= 0.3 is 6.18 Å². The summed E-state index contributed by atoms with van der Waals surface area (Å²) in [5.41, 5.74) is 0.813. The zero-order chi connectivity index (χ0) is 13.8. The number of halogens is 3. The van der Waals surface area contributed by atoms with Gasteiger partial charge in [-0.15, -0.1) is 0 Å². The van der Waals surface area contributed by atoms with Crippen LogP contribution in [0.4, 0.5) is 18.9 Å². The lowest BCUT2D eigenvalue weighted by Crippen LogP contribution is -2.27. The van der Waals surface area contributed by atoms with Crippen molar-refractivity contribution in [2.45, 2.75) is 6.18 Å². The Bertz CT molecular complexity index is 438. The van der Waals surface area contributed by atoms with Gasteiger partial charge in [-0.05, 0) is 12.1 Å². The number of hydrogen-bond acceptors (Lipinski definition) is 3. The summed E-state index contributed by atoms with van der Waals surface area (Å²) in [7, 11) is 3.62. The van der Waals surface area contributed by atoms with Crippen molar-refractivity contribution in [1.29, 1.82) is 5.26 Å². The number of nitriles is 1. The van der Waals surface area contributed by atoms with E-state index < -0.39 is 18.7 Å². The molecule has 0 bridgehead atoms. The van der Waals surface area contributed by atoms with Crippen molar-refractivity contribution in [1.82, 2.24) is 0 Å². The van der Waals surface area contributed by atoms with Gasteiger partial charge in [0.15, 0.2) is 5.92 Å². The van der Waals surface area contributed by atoms with Crippen LogP contribution < -0.4 is 9.64 Å². The molecule has 1 unspecified atom stereocenters. The normalized spacial score (nSPS) is 12.7. The fourth-order valence-electron chi connectivity index (χ4n) is 1.24. The number of benzene rings is 1. The molecule has 0 amide bonds. The van der Waals surface area contributed by atoms with Crippen molar-refractivity contribution < 1.29 is 17.9 Å². The Labute approximate surface area is 103 Å². The van der Waals surface area contributed by atoms with Crippen LogP contribution in [0.15, 0.2) is 24.3 Å². The van der Waals surface area contributed by atoms with Crippen molar-refractivity contribution in [3.8, 4) is 11.8 Å². The molecule has 0 saturated heterocycles. The maximum Gasteiger partial charge on any atom is 0.407 e. The van der Waals surface area contributed by atoms with E-state index in [4.69, 9.17) is 10.00 Å². The number of anilines is 1. The van der Waals surface area contributed by atoms with Crippen LogP contribution in [-0.2, 0) is 0 Å². The summed E-state index contributed by atoms with van der Waals surface area (Å²) in [5.74, 6) is -1.80. The smallest absolute Gasteiger partial charge is 0.407 e. The highest BCUT2D eigenvalue weighted by molar-refractivity contribution is 5.49. The molecule has 6 heteroatoms. The average molecular weight is 258 g/mol. The standard InChI is InChI=1S/C12H13F3N2O/c1-17(2)10-4-3-5-11(6-10)18-8-9(7-16)12(13,14)15/h3-6,9H,8H2,1-2H3. The van der Waals surface area contributed by atoms with E-state index in [1.807, 2.05) is 14.1 Å². The number of ether oxygens (including phenoxy) is 1. The van der Waals surface area contributed by atoms with Gasteiger partial charge in [0.25, 0.3) is 0 Å². The largest absolute Gasteiger partial charge is 0.492 e. The van der Waals surface area contributed by atoms with E-state index in [-0.39, 0.29) is 0 Å². The SMILES string of the molecule is CN(C)c1cccc(OCC(C#N)C(F)(F)F)c1. The topological polar surface area (TPSA) is 36.3 Å². The highest BCUT2D eigenvalue weighted by Gasteiger charge is 2.40. The van der Waals surface area contributed by atoms with Gasteiger partial charge in [0.2, 0.25) is 0 Å². The Morgan fingerprint density at radius 3 is 2.56 bits per heavy atom. The summed E-state index contributed by atoms with van der Waals surface area (Å²) in [6, 6.07) is 7.84. The first-order valence-electron chi connectivity index (χ1n) is 5.21. The molecule has 18 heavy (non-hydrogen) atoms. The fraction of sp³-hybridized carbons (Fsp3) is 0.417. The van der Waals surface area contributed by atoms with Crippen molar-refractivity contribution in [3.05, 3.63) is 24.3 Å². The zero-order valence-corrected chi connectivity index (χ0v) is 10.0. The van der Waals surface area contributed by atoms with Crippen LogP contribution in [0.5, 0.6) is 5.75 Å². The molecule has 1 atom stereocenters. The second kappa shape index (κ2) is 5.63. The molecule has 0 aromatic heterocycles. The molecule has 0 aliphatic carbocycles. The van der Waals surface area contributed by atoms with Gasteiger partial charge in [-0.1, -0.05) is 6.07 Å². The Morgan fingerprint density at radius 1 is 1.39 bits per heavy atom. The molecule has 0 N–H and O–H groups in total. The number of nitrogens with zero attached hydrogens (tertiary/aromatic N) is 2. The maximum atomic E-state index is 12.3. The molecule has 98 valence electrons. The maximum absolute atomic E-state index is 12.3. The van der Waals surface area contributed by atoms with Gasteiger partial charge in [0.1, 0.15) is 12.4 Å². The summed E-state index contributed by atoms with van der Waals surface area (Å²) in [4.78, 5) is 1.80. The number of rotatable bonds is 4. The van der Waals surface area contributed by atoms with Gasteiger partial charge in [0, 0.05) is 25.8 Å². The third-order valence-electron chi connectivity index (χ3n) is 2.30. The van der Waals surface area contributed by atoms with Crippen LogP contribution >= 0.6 is 0 Å². The van der Waals surface area contributed by atoms with Crippen LogP contribution in [0.3, 0.4) is 0 Å². The molecule has 1 rings (SSSR count). The predicted octanol–water partition coefficient (Wildman–Crippen LogP) is 2.83. The highest BCUT2D eigenvalue weighted by atomic mass is 19.4. The molecule has 0 aliphatic heterocycles. The molecule has 1 aromatic rings. The molecular weight excluding hydrogens is 245 g/mol. The summed E-state index contributed by atoms with van der Waals surface area (Å²) < 4.78 is 42.0. The van der Waals surface area contributed by atoms with Gasteiger partial charge in [0.05, 0.1) is 6.07 Å². The minimum atomic E-state index is -4.56. The Balaban J connectivity index is 2.69. The minimum Gasteiger partial charge on any atom is -0.492 e. The first kappa shape index (κ1) is 14.2. The van der Waals surface area contributed by atoms with Crippen molar-refractivity contribution in [2.75, 3.05) is 25.6 Å². The number of hydrogen-bond donors (Lipinski definition) is 0. The van der Waals surface area contributed by atoms with E-state index in [1.165, 1.54) is 6.07 Å². The van der Waals surface area contributed by atoms with Crippen LogP contribution in [0, 0.1) is 17.2 Å². The minimum absolute atomic E-state index is 0.311. The number of alkyl halides is 3. The second-order valence-corrected chi connectivity index (χ2v) is 3.93. The van der Waals surface area contributed by atoms with E-state index in [9.17, 15) is 13.2 Å². The lowest BCUT2D eigenvalue weighted by atomic mass is 10.2. The van der Waals surface area contributed by atoms with E-state index in [2.05, 4.69) is 0 Å². The van der Waals surface area contributed by atoms with E-state index in [0.29, 0.717) is 5.75 Å². The van der Waals surface area contributed by atoms with E-state index in [1.54, 1.807) is 29.2 Å². The van der Waals surface area contributed by atoms with Crippen LogP contribution in [0.25, 0.3) is 0 Å². The van der Waals surface area contributed by atoms with Crippen LogP contribution in [-0.4, -0.2) is 26.9 Å². The Morgan fingerprint density at radius 2 is 2.06 bits per heavy atom. The summed E-state index contributed by atoms with van der Waals surface area (Å²) in [5, 5.41) is 8.42. The van der Waals surface area contributed by atoms with Crippen LogP contribution in [0.1, 0.15) is 0 Å². The first-order chi connectivity index (χ1) is 8.34. The van der Waals surface area contributed by atoms with Gasteiger partial charge < -0.3 is 9.64 Å². The third kappa shape index (κ3) is 3.84. The highest BCUT2D eigenvalue weighted by Crippen LogP contribution is 2.27. The van der Waals surface area contributed by atoms with Crippen molar-refractivity contribution >= 4 is 5.69 Å². The molecule has 0 radical (unpaired) electrons. The van der Waals surface area contributed by atoms with Crippen molar-refractivity contribution in [2.24, 2.45) is 5.92 Å². The molecule has 0 spiro atoms. The first-order valence-corrected chi connectivity index (χ1v) is 5.21. The molecule has 0 heterocycles. The van der Waals surface area contributed by atoms with Crippen molar-refractivity contribution in [3.63, 3.8) is 0 Å². The predicted molar refractivity (Wildman–Crippen MR) is 61.4 cm³/mol. The molecular formula is C12H13F3N2O. The lowest BCUT2D eigenvalue weighted by Gasteiger charge is -2.16. The van der Waals surface area contributed by atoms with E-state index in [0.717, 1.165) is 5.69 Å². The average Bonchev–Trinajstić information content (AvgIpc) is 2.28. The Kier molecular flexibility index (Phi) is 4.43. The molecule has 0 aliphatic rings. The zero-order valence-electron chi connectivity index (χ0n) is 10.0. The second-order valence-electron chi connectivity index (χ2n) is 3.93. The quantitative estimate of drug-likeness (QED) is 0.833. The monoisotopic (exact) mass is 258 g/mol. The van der Waals surface area contributed by atoms with E-state index >= 15 is 0 Å². The molecule has 0 saturated carbocycles. The summed E-state index contributed by atoms with van der Waals surface area (Å²) in [6.45, 7) is -0.698. The van der Waals surface area contributed by atoms with Gasteiger partial charge in [-0.3, -0.25) is 0 Å². The lowest BCUT2D eigenvalue weighted by molar-refractivity contribution is -0.165. The molecule has 3 nitrogen and oxygen atoms in total. The molecule has 0 fully saturated rings. The molecule has 1 aromatic carbocycles. The summed E-state index contributed by atoms with van der Waals surface area (Å²) in [6.07, 6.45) is -4.56. The summed E-state index contributed by atoms with van der Waals surface area (Å²) >= 11 is 0. The van der Waals surface area contributed by atoms with Crippen LogP contribution in [0.2, 0.25) is 0 Å².